The Hall–Kier alpha value is -3.04. The fourth-order valence-electron chi connectivity index (χ4n) is 4.75. The van der Waals surface area contributed by atoms with Crippen molar-refractivity contribution < 1.29 is 14.3 Å². The number of aromatic nitrogens is 4. The SMILES string of the molecule is C[C@@H]1CN(c2cc(-c3n[nH]c4ccc(OC5(C)CC5)cc34)ncn2)C[C@H](C)N1CCOCC=O. The molecule has 0 unspecified atom stereocenters. The van der Waals surface area contributed by atoms with Crippen LogP contribution in [-0.2, 0) is 9.53 Å². The molecule has 180 valence electrons. The van der Waals surface area contributed by atoms with E-state index >= 15 is 0 Å². The van der Waals surface area contributed by atoms with E-state index in [1.165, 1.54) is 0 Å². The number of rotatable bonds is 9. The Labute approximate surface area is 199 Å². The molecule has 34 heavy (non-hydrogen) atoms. The highest BCUT2D eigenvalue weighted by atomic mass is 16.5. The Morgan fingerprint density at radius 3 is 2.71 bits per heavy atom. The van der Waals surface area contributed by atoms with E-state index in [0.29, 0.717) is 18.7 Å². The third kappa shape index (κ3) is 4.76. The van der Waals surface area contributed by atoms with Gasteiger partial charge >= 0.3 is 0 Å². The molecule has 9 heteroatoms. The summed E-state index contributed by atoms with van der Waals surface area (Å²) >= 11 is 0. The van der Waals surface area contributed by atoms with Crippen LogP contribution in [0.1, 0.15) is 33.6 Å². The van der Waals surface area contributed by atoms with E-state index in [0.717, 1.165) is 72.6 Å². The van der Waals surface area contributed by atoms with Crippen molar-refractivity contribution in [3.63, 3.8) is 0 Å². The topological polar surface area (TPSA) is 96.5 Å². The average molecular weight is 465 g/mol. The summed E-state index contributed by atoms with van der Waals surface area (Å²) in [5.41, 5.74) is 2.51. The maximum absolute atomic E-state index is 10.5. The number of ether oxygens (including phenoxy) is 2. The molecule has 3 heterocycles. The third-order valence-electron chi connectivity index (χ3n) is 6.85. The van der Waals surface area contributed by atoms with Crippen LogP contribution in [0.15, 0.2) is 30.6 Å². The first-order chi connectivity index (χ1) is 16.5. The first-order valence-corrected chi connectivity index (χ1v) is 12.0. The summed E-state index contributed by atoms with van der Waals surface area (Å²) < 4.78 is 11.5. The fourth-order valence-corrected chi connectivity index (χ4v) is 4.75. The van der Waals surface area contributed by atoms with Crippen molar-refractivity contribution in [3.8, 4) is 17.1 Å². The third-order valence-corrected chi connectivity index (χ3v) is 6.85. The van der Waals surface area contributed by atoms with E-state index in [2.05, 4.69) is 56.8 Å². The molecule has 0 spiro atoms. The molecule has 1 N–H and O–H groups in total. The lowest BCUT2D eigenvalue weighted by Gasteiger charge is -2.44. The number of hydrogen-bond donors (Lipinski definition) is 1. The molecule has 0 bridgehead atoms. The number of carbonyl (C=O) groups excluding carboxylic acids is 1. The first kappa shape index (κ1) is 22.7. The molecule has 1 aromatic carbocycles. The monoisotopic (exact) mass is 464 g/mol. The summed E-state index contributed by atoms with van der Waals surface area (Å²) in [5, 5.41) is 8.67. The lowest BCUT2D eigenvalue weighted by molar-refractivity contribution is -0.112. The van der Waals surface area contributed by atoms with E-state index in [1.807, 2.05) is 18.2 Å². The second-order valence-corrected chi connectivity index (χ2v) is 9.68. The van der Waals surface area contributed by atoms with Crippen molar-refractivity contribution in [2.24, 2.45) is 0 Å². The molecule has 5 rings (SSSR count). The van der Waals surface area contributed by atoms with Gasteiger partial charge in [0.2, 0.25) is 0 Å². The largest absolute Gasteiger partial charge is 0.488 e. The molecule has 3 aromatic rings. The minimum Gasteiger partial charge on any atom is -0.488 e. The van der Waals surface area contributed by atoms with Gasteiger partial charge in [0.15, 0.2) is 0 Å². The summed E-state index contributed by atoms with van der Waals surface area (Å²) in [6.45, 7) is 9.80. The maximum atomic E-state index is 10.5. The molecule has 0 radical (unpaired) electrons. The number of fused-ring (bicyclic) bond motifs is 1. The molecule has 2 atom stereocenters. The molecular formula is C25H32N6O3. The van der Waals surface area contributed by atoms with Gasteiger partial charge in [-0.1, -0.05) is 0 Å². The summed E-state index contributed by atoms with van der Waals surface area (Å²) in [4.78, 5) is 24.3. The number of hydrogen-bond acceptors (Lipinski definition) is 8. The Morgan fingerprint density at radius 2 is 1.97 bits per heavy atom. The van der Waals surface area contributed by atoms with Crippen molar-refractivity contribution in [1.82, 2.24) is 25.1 Å². The minimum absolute atomic E-state index is 0.0319. The summed E-state index contributed by atoms with van der Waals surface area (Å²) in [5.74, 6) is 1.76. The number of nitrogens with one attached hydrogen (secondary N) is 1. The zero-order valence-electron chi connectivity index (χ0n) is 20.0. The molecule has 1 aliphatic heterocycles. The lowest BCUT2D eigenvalue weighted by atomic mass is 10.1. The van der Waals surface area contributed by atoms with Crippen LogP contribution in [0.2, 0.25) is 0 Å². The van der Waals surface area contributed by atoms with Crippen molar-refractivity contribution in [1.29, 1.82) is 0 Å². The maximum Gasteiger partial charge on any atom is 0.145 e. The summed E-state index contributed by atoms with van der Waals surface area (Å²) in [6, 6.07) is 8.73. The number of anilines is 1. The molecular weight excluding hydrogens is 432 g/mol. The highest BCUT2D eigenvalue weighted by Gasteiger charge is 2.40. The highest BCUT2D eigenvalue weighted by Crippen LogP contribution is 2.40. The quantitative estimate of drug-likeness (QED) is 0.381. The van der Waals surface area contributed by atoms with Crippen molar-refractivity contribution in [3.05, 3.63) is 30.6 Å². The molecule has 1 saturated carbocycles. The molecule has 0 amide bonds. The van der Waals surface area contributed by atoms with Crippen LogP contribution < -0.4 is 9.64 Å². The Bertz CT molecular complexity index is 1150. The van der Waals surface area contributed by atoms with E-state index < -0.39 is 0 Å². The van der Waals surface area contributed by atoms with Crippen LogP contribution in [0.25, 0.3) is 22.3 Å². The number of aldehydes is 1. The first-order valence-electron chi connectivity index (χ1n) is 12.0. The molecule has 1 saturated heterocycles. The normalized spacial score (nSPS) is 22.1. The van der Waals surface area contributed by atoms with Gasteiger partial charge in [0, 0.05) is 43.2 Å². The van der Waals surface area contributed by atoms with E-state index in [1.54, 1.807) is 6.33 Å². The van der Waals surface area contributed by atoms with Crippen molar-refractivity contribution >= 4 is 23.0 Å². The van der Waals surface area contributed by atoms with Gasteiger partial charge in [-0.2, -0.15) is 5.10 Å². The lowest BCUT2D eigenvalue weighted by Crippen LogP contribution is -2.57. The highest BCUT2D eigenvalue weighted by molar-refractivity contribution is 5.93. The van der Waals surface area contributed by atoms with Gasteiger partial charge in [0.05, 0.1) is 17.8 Å². The van der Waals surface area contributed by atoms with Gasteiger partial charge in [-0.25, -0.2) is 9.97 Å². The van der Waals surface area contributed by atoms with Gasteiger partial charge < -0.3 is 19.2 Å². The van der Waals surface area contributed by atoms with E-state index in [-0.39, 0.29) is 12.2 Å². The predicted molar refractivity (Wildman–Crippen MR) is 130 cm³/mol. The molecule has 2 fully saturated rings. The van der Waals surface area contributed by atoms with Crippen LogP contribution in [0.3, 0.4) is 0 Å². The fraction of sp³-hybridized carbons (Fsp3) is 0.520. The number of H-pyrrole nitrogens is 1. The molecule has 2 aromatic heterocycles. The number of carbonyl (C=O) groups is 1. The zero-order chi connectivity index (χ0) is 23.7. The van der Waals surface area contributed by atoms with Crippen LogP contribution in [0.4, 0.5) is 5.82 Å². The molecule has 9 nitrogen and oxygen atoms in total. The molecule has 1 aliphatic carbocycles. The second-order valence-electron chi connectivity index (χ2n) is 9.68. The van der Waals surface area contributed by atoms with Crippen LogP contribution in [0, 0.1) is 0 Å². The number of aromatic amines is 1. The molecule has 2 aliphatic rings. The second kappa shape index (κ2) is 9.31. The number of benzene rings is 1. The minimum atomic E-state index is -0.0319. The smallest absolute Gasteiger partial charge is 0.145 e. The summed E-state index contributed by atoms with van der Waals surface area (Å²) in [7, 11) is 0. The van der Waals surface area contributed by atoms with Gasteiger partial charge in [-0.15, -0.1) is 0 Å². The Kier molecular flexibility index (Phi) is 6.22. The number of piperazine rings is 1. The van der Waals surface area contributed by atoms with Crippen molar-refractivity contribution in [2.75, 3.05) is 37.7 Å². The van der Waals surface area contributed by atoms with Gasteiger partial charge in [-0.05, 0) is 51.8 Å². The Morgan fingerprint density at radius 1 is 1.18 bits per heavy atom. The van der Waals surface area contributed by atoms with Crippen LogP contribution in [-0.4, -0.2) is 81.9 Å². The zero-order valence-corrected chi connectivity index (χ0v) is 20.0. The standard InChI is InChI=1S/C25H32N6O3/c1-17-14-30(15-18(2)31(17)8-10-33-11-9-32)23-13-22(26-16-27-23)24-20-12-19(34-25(3)6-7-25)4-5-21(20)28-29-24/h4-5,9,12-13,16-18H,6-8,10-11,14-15H2,1-3H3,(H,28,29)/t17-,18+. The number of nitrogens with zero attached hydrogens (tertiary/aromatic N) is 5. The van der Waals surface area contributed by atoms with E-state index in [9.17, 15) is 4.79 Å². The van der Waals surface area contributed by atoms with Gasteiger partial charge in [-0.3, -0.25) is 10.00 Å². The van der Waals surface area contributed by atoms with Crippen LogP contribution in [0.5, 0.6) is 5.75 Å². The van der Waals surface area contributed by atoms with E-state index in [4.69, 9.17) is 9.47 Å². The Balaban J connectivity index is 1.33. The van der Waals surface area contributed by atoms with Gasteiger partial charge in [0.1, 0.15) is 42.1 Å². The van der Waals surface area contributed by atoms with Crippen LogP contribution >= 0.6 is 0 Å². The van der Waals surface area contributed by atoms with Crippen molar-refractivity contribution in [2.45, 2.75) is 51.3 Å². The van der Waals surface area contributed by atoms with Gasteiger partial charge in [0.25, 0.3) is 0 Å². The average Bonchev–Trinajstić information content (AvgIpc) is 3.40. The summed E-state index contributed by atoms with van der Waals surface area (Å²) in [6.07, 6.45) is 4.59. The predicted octanol–water partition coefficient (Wildman–Crippen LogP) is 3.07.